The maximum atomic E-state index is 13.4. The predicted octanol–water partition coefficient (Wildman–Crippen LogP) is 4.27. The van der Waals surface area contributed by atoms with Gasteiger partial charge in [0.25, 0.3) is 0 Å². The van der Waals surface area contributed by atoms with E-state index in [0.29, 0.717) is 23.6 Å². The summed E-state index contributed by atoms with van der Waals surface area (Å²) in [4.78, 5) is 12.2. The number of carbonyl (C=O) groups is 1. The largest absolute Gasteiger partial charge is 0.586 e. The van der Waals surface area contributed by atoms with Crippen LogP contribution in [0.2, 0.25) is 0 Å². The molecule has 2 aromatic rings. The first-order valence-electron chi connectivity index (χ1n) is 8.42. The van der Waals surface area contributed by atoms with Gasteiger partial charge in [0.15, 0.2) is 11.5 Å². The molecule has 7 heteroatoms. The van der Waals surface area contributed by atoms with E-state index < -0.39 is 6.29 Å². The fourth-order valence-electron chi connectivity index (χ4n) is 3.29. The van der Waals surface area contributed by atoms with Crippen LogP contribution in [0.15, 0.2) is 36.4 Å². The Morgan fingerprint density at radius 3 is 2.69 bits per heavy atom. The molecule has 2 aliphatic rings. The zero-order chi connectivity index (χ0) is 18.3. The fraction of sp³-hybridized carbons (Fsp3) is 0.316. The maximum absolute atomic E-state index is 13.4. The van der Waals surface area contributed by atoms with E-state index in [9.17, 15) is 13.6 Å². The van der Waals surface area contributed by atoms with Gasteiger partial charge in [-0.1, -0.05) is 25.1 Å². The molecule has 136 valence electrons. The molecule has 2 heterocycles. The number of halogens is 2. The van der Waals surface area contributed by atoms with E-state index in [-0.39, 0.29) is 29.7 Å². The third kappa shape index (κ3) is 2.94. The van der Waals surface area contributed by atoms with Crippen LogP contribution in [0.3, 0.4) is 0 Å². The van der Waals surface area contributed by atoms with Crippen molar-refractivity contribution < 1.29 is 27.8 Å². The molecule has 0 saturated heterocycles. The number of nitrogens with one attached hydrogen (secondary N) is 1. The summed E-state index contributed by atoms with van der Waals surface area (Å²) >= 11 is 0. The smallest absolute Gasteiger partial charge is 0.493 e. The summed E-state index contributed by atoms with van der Waals surface area (Å²) in [5.74, 6) is 0.0309. The highest BCUT2D eigenvalue weighted by Gasteiger charge is 2.44. The molecule has 1 amide bonds. The number of anilines is 1. The van der Waals surface area contributed by atoms with Gasteiger partial charge in [-0.05, 0) is 24.1 Å². The van der Waals surface area contributed by atoms with Gasteiger partial charge in [0.2, 0.25) is 5.91 Å². The first-order valence-corrected chi connectivity index (χ1v) is 8.42. The summed E-state index contributed by atoms with van der Waals surface area (Å²) in [7, 11) is 0. The van der Waals surface area contributed by atoms with Gasteiger partial charge in [0.1, 0.15) is 5.75 Å². The lowest BCUT2D eigenvalue weighted by Gasteiger charge is -2.27. The van der Waals surface area contributed by atoms with Crippen molar-refractivity contribution in [3.8, 4) is 17.2 Å². The van der Waals surface area contributed by atoms with Crippen LogP contribution in [0.1, 0.15) is 36.8 Å². The first-order chi connectivity index (χ1) is 12.5. The quantitative estimate of drug-likeness (QED) is 0.884. The van der Waals surface area contributed by atoms with Gasteiger partial charge in [-0.15, -0.1) is 8.78 Å². The van der Waals surface area contributed by atoms with Crippen molar-refractivity contribution in [3.05, 3.63) is 47.5 Å². The summed E-state index contributed by atoms with van der Waals surface area (Å²) in [6, 6.07) is 10.3. The van der Waals surface area contributed by atoms with Crippen molar-refractivity contribution in [1.29, 1.82) is 0 Å². The van der Waals surface area contributed by atoms with Crippen LogP contribution < -0.4 is 19.5 Å². The van der Waals surface area contributed by atoms with Crippen molar-refractivity contribution in [3.63, 3.8) is 0 Å². The molecule has 0 radical (unpaired) electrons. The summed E-state index contributed by atoms with van der Waals surface area (Å²) < 4.78 is 41.6. The van der Waals surface area contributed by atoms with Crippen LogP contribution in [-0.2, 0) is 4.79 Å². The van der Waals surface area contributed by atoms with Gasteiger partial charge in [-0.25, -0.2) is 0 Å². The monoisotopic (exact) mass is 361 g/mol. The first kappa shape index (κ1) is 16.6. The third-order valence-electron chi connectivity index (χ3n) is 4.37. The highest BCUT2D eigenvalue weighted by atomic mass is 19.3. The molecular weight excluding hydrogens is 344 g/mol. The molecule has 0 saturated carbocycles. The number of carbonyl (C=O) groups excluding carboxylic acids is 1. The molecule has 0 aliphatic carbocycles. The number of ether oxygens (including phenoxy) is 3. The zero-order valence-corrected chi connectivity index (χ0v) is 14.1. The summed E-state index contributed by atoms with van der Waals surface area (Å²) in [6.45, 7) is 2.56. The average molecular weight is 361 g/mol. The summed E-state index contributed by atoms with van der Waals surface area (Å²) in [5.41, 5.74) is 1.97. The van der Waals surface area contributed by atoms with Crippen molar-refractivity contribution in [2.24, 2.45) is 0 Å². The summed E-state index contributed by atoms with van der Waals surface area (Å²) in [5, 5.41) is 2.72. The predicted molar refractivity (Wildman–Crippen MR) is 90.0 cm³/mol. The van der Waals surface area contributed by atoms with E-state index in [1.165, 1.54) is 12.1 Å². The number of hydrogen-bond acceptors (Lipinski definition) is 4. The number of benzene rings is 2. The molecule has 1 unspecified atom stereocenters. The Kier molecular flexibility index (Phi) is 3.94. The lowest BCUT2D eigenvalue weighted by atomic mass is 9.84. The topological polar surface area (TPSA) is 56.8 Å². The number of para-hydroxylation sites is 1. The molecule has 0 spiro atoms. The molecule has 1 atom stereocenters. The van der Waals surface area contributed by atoms with Gasteiger partial charge in [0.05, 0.1) is 6.61 Å². The van der Waals surface area contributed by atoms with E-state index >= 15 is 0 Å². The Balaban J connectivity index is 1.78. The number of alkyl halides is 2. The maximum Gasteiger partial charge on any atom is 0.586 e. The zero-order valence-electron chi connectivity index (χ0n) is 14.1. The highest BCUT2D eigenvalue weighted by molar-refractivity contribution is 5.96. The minimum absolute atomic E-state index is 0.0399. The second-order valence-corrected chi connectivity index (χ2v) is 6.24. The standard InChI is InChI=1S/C19H17F2NO4/c1-2-7-24-15-6-4-3-5-11(15)12-9-18(23)22-14-10-17-16(8-13(12)14)25-19(20,21)26-17/h3-6,8,10,12H,2,7,9H2,1H3,(H,22,23). The van der Waals surface area contributed by atoms with Crippen molar-refractivity contribution in [2.75, 3.05) is 11.9 Å². The van der Waals surface area contributed by atoms with Crippen LogP contribution in [-0.4, -0.2) is 18.8 Å². The number of hydrogen-bond donors (Lipinski definition) is 1. The molecule has 0 fully saturated rings. The third-order valence-corrected chi connectivity index (χ3v) is 4.37. The normalized spacial score (nSPS) is 19.7. The lowest BCUT2D eigenvalue weighted by molar-refractivity contribution is -0.286. The molecule has 2 aliphatic heterocycles. The van der Waals surface area contributed by atoms with Gasteiger partial charge < -0.3 is 19.5 Å². The molecule has 0 aromatic heterocycles. The average Bonchev–Trinajstić information content (AvgIpc) is 2.90. The van der Waals surface area contributed by atoms with E-state index in [1.807, 2.05) is 31.2 Å². The Morgan fingerprint density at radius 1 is 1.19 bits per heavy atom. The van der Waals surface area contributed by atoms with Gasteiger partial charge in [-0.2, -0.15) is 0 Å². The summed E-state index contributed by atoms with van der Waals surface area (Å²) in [6.07, 6.45) is -2.66. The Labute approximate surface area is 148 Å². The number of rotatable bonds is 4. The van der Waals surface area contributed by atoms with Crippen molar-refractivity contribution in [2.45, 2.75) is 32.0 Å². The number of amides is 1. The molecule has 5 nitrogen and oxygen atoms in total. The minimum Gasteiger partial charge on any atom is -0.493 e. The van der Waals surface area contributed by atoms with E-state index in [1.54, 1.807) is 0 Å². The van der Waals surface area contributed by atoms with Crippen LogP contribution in [0, 0.1) is 0 Å². The lowest BCUT2D eigenvalue weighted by Crippen LogP contribution is -2.25. The fourth-order valence-corrected chi connectivity index (χ4v) is 3.29. The Hall–Kier alpha value is -2.83. The second-order valence-electron chi connectivity index (χ2n) is 6.24. The molecule has 1 N–H and O–H groups in total. The van der Waals surface area contributed by atoms with Gasteiger partial charge >= 0.3 is 6.29 Å². The van der Waals surface area contributed by atoms with E-state index in [4.69, 9.17) is 4.74 Å². The molecule has 26 heavy (non-hydrogen) atoms. The molecule has 4 rings (SSSR count). The van der Waals surface area contributed by atoms with Crippen molar-refractivity contribution >= 4 is 11.6 Å². The van der Waals surface area contributed by atoms with Gasteiger partial charge in [-0.3, -0.25) is 4.79 Å². The highest BCUT2D eigenvalue weighted by Crippen LogP contribution is 2.49. The van der Waals surface area contributed by atoms with Crippen molar-refractivity contribution in [1.82, 2.24) is 0 Å². The molecule has 0 bridgehead atoms. The SMILES string of the molecule is CCCOc1ccccc1C1CC(=O)Nc2cc3c(cc21)OC(F)(F)O3. The minimum atomic E-state index is -3.70. The van der Waals surface area contributed by atoms with Crippen LogP contribution >= 0.6 is 0 Å². The van der Waals surface area contributed by atoms with Crippen LogP contribution in [0.25, 0.3) is 0 Å². The van der Waals surface area contributed by atoms with E-state index in [2.05, 4.69) is 14.8 Å². The molecular formula is C19H17F2NO4. The van der Waals surface area contributed by atoms with E-state index in [0.717, 1.165) is 12.0 Å². The Bertz CT molecular complexity index is 869. The Morgan fingerprint density at radius 2 is 1.92 bits per heavy atom. The molecule has 2 aromatic carbocycles. The second kappa shape index (κ2) is 6.16. The van der Waals surface area contributed by atoms with Crippen LogP contribution in [0.5, 0.6) is 17.2 Å². The number of fused-ring (bicyclic) bond motifs is 2. The van der Waals surface area contributed by atoms with Crippen LogP contribution in [0.4, 0.5) is 14.5 Å². The van der Waals surface area contributed by atoms with Gasteiger partial charge in [0, 0.05) is 29.7 Å².